The van der Waals surface area contributed by atoms with E-state index in [1.807, 2.05) is 0 Å². The Labute approximate surface area is 52.2 Å². The van der Waals surface area contributed by atoms with E-state index in [-0.39, 0.29) is 6.61 Å². The molecule has 1 fully saturated rings. The van der Waals surface area contributed by atoms with E-state index >= 15 is 0 Å². The molecule has 0 aromatic heterocycles. The third kappa shape index (κ3) is 1.87. The molecule has 1 unspecified atom stereocenters. The van der Waals surface area contributed by atoms with Gasteiger partial charge in [0.05, 0.1) is 19.3 Å². The van der Waals surface area contributed by atoms with Crippen LogP contribution in [0, 0.1) is 0 Å². The number of hydrogen-bond acceptors (Lipinski definition) is 2. The van der Waals surface area contributed by atoms with E-state index in [1.54, 1.807) is 0 Å². The van der Waals surface area contributed by atoms with Gasteiger partial charge in [-0.3, -0.25) is 0 Å². The largest absolute Gasteiger partial charge is 0.378 e. The number of alkyl halides is 2. The molecule has 9 heavy (non-hydrogen) atoms. The molecule has 0 bridgehead atoms. The van der Waals surface area contributed by atoms with Gasteiger partial charge in [-0.05, 0) is 0 Å². The molecule has 1 aliphatic heterocycles. The molecule has 1 saturated heterocycles. The molecule has 0 saturated carbocycles. The Hall–Kier alpha value is -0.220. The second-order valence-electron chi connectivity index (χ2n) is 1.97. The standard InChI is InChI=1S/C5H9F2NO/c6-5(7)4-3-9-2-1-8-4/h4-5,8H,1-3H2. The van der Waals surface area contributed by atoms with Crippen LogP contribution in [-0.2, 0) is 4.74 Å². The maximum atomic E-state index is 11.8. The quantitative estimate of drug-likeness (QED) is 0.559. The maximum absolute atomic E-state index is 11.8. The monoisotopic (exact) mass is 137 g/mol. The Morgan fingerprint density at radius 1 is 1.56 bits per heavy atom. The first-order valence-corrected chi connectivity index (χ1v) is 2.90. The molecule has 1 aliphatic rings. The van der Waals surface area contributed by atoms with Gasteiger partial charge in [-0.2, -0.15) is 0 Å². The zero-order chi connectivity index (χ0) is 6.69. The summed E-state index contributed by atoms with van der Waals surface area (Å²) < 4.78 is 28.4. The lowest BCUT2D eigenvalue weighted by Crippen LogP contribution is -2.45. The fourth-order valence-corrected chi connectivity index (χ4v) is 0.748. The Morgan fingerprint density at radius 2 is 2.33 bits per heavy atom. The van der Waals surface area contributed by atoms with Crippen molar-refractivity contribution in [2.75, 3.05) is 19.8 Å². The molecule has 0 amide bonds. The Kier molecular flexibility index (Phi) is 2.36. The van der Waals surface area contributed by atoms with Crippen molar-refractivity contribution in [1.82, 2.24) is 5.32 Å². The predicted molar refractivity (Wildman–Crippen MR) is 28.6 cm³/mol. The van der Waals surface area contributed by atoms with Gasteiger partial charge in [0.25, 0.3) is 6.43 Å². The van der Waals surface area contributed by atoms with Crippen molar-refractivity contribution in [1.29, 1.82) is 0 Å². The minimum Gasteiger partial charge on any atom is -0.378 e. The molecular weight excluding hydrogens is 128 g/mol. The van der Waals surface area contributed by atoms with Gasteiger partial charge in [0.1, 0.15) is 0 Å². The highest BCUT2D eigenvalue weighted by molar-refractivity contribution is 4.71. The number of halogens is 2. The lowest BCUT2D eigenvalue weighted by atomic mass is 10.3. The third-order valence-corrected chi connectivity index (χ3v) is 1.25. The first-order valence-electron chi connectivity index (χ1n) is 2.90. The highest BCUT2D eigenvalue weighted by Gasteiger charge is 2.21. The van der Waals surface area contributed by atoms with Crippen molar-refractivity contribution >= 4 is 0 Å². The van der Waals surface area contributed by atoms with Crippen LogP contribution in [0.25, 0.3) is 0 Å². The molecule has 54 valence electrons. The van der Waals surface area contributed by atoms with Crippen molar-refractivity contribution in [2.24, 2.45) is 0 Å². The van der Waals surface area contributed by atoms with Crippen LogP contribution in [0.15, 0.2) is 0 Å². The number of ether oxygens (including phenoxy) is 1. The smallest absolute Gasteiger partial charge is 0.255 e. The molecule has 0 aromatic rings. The average Bonchev–Trinajstić information content (AvgIpc) is 1.90. The zero-order valence-corrected chi connectivity index (χ0v) is 4.94. The number of hydrogen-bond donors (Lipinski definition) is 1. The Morgan fingerprint density at radius 3 is 2.67 bits per heavy atom. The predicted octanol–water partition coefficient (Wildman–Crippen LogP) is 0.240. The highest BCUT2D eigenvalue weighted by Crippen LogP contribution is 2.03. The van der Waals surface area contributed by atoms with Gasteiger partial charge >= 0.3 is 0 Å². The molecule has 0 spiro atoms. The number of rotatable bonds is 1. The summed E-state index contributed by atoms with van der Waals surface area (Å²) in [6.45, 7) is 1.22. The highest BCUT2D eigenvalue weighted by atomic mass is 19.3. The second-order valence-corrected chi connectivity index (χ2v) is 1.97. The van der Waals surface area contributed by atoms with Crippen LogP contribution in [0.2, 0.25) is 0 Å². The van der Waals surface area contributed by atoms with Crippen LogP contribution in [0.3, 0.4) is 0 Å². The first kappa shape index (κ1) is 6.89. The van der Waals surface area contributed by atoms with E-state index in [4.69, 9.17) is 4.74 Å². The van der Waals surface area contributed by atoms with Gasteiger partial charge in [0.2, 0.25) is 0 Å². The van der Waals surface area contributed by atoms with Crippen molar-refractivity contribution in [2.45, 2.75) is 12.5 Å². The van der Waals surface area contributed by atoms with Crippen LogP contribution >= 0.6 is 0 Å². The number of nitrogens with one attached hydrogen (secondary N) is 1. The van der Waals surface area contributed by atoms with E-state index < -0.39 is 12.5 Å². The van der Waals surface area contributed by atoms with Gasteiger partial charge in [0.15, 0.2) is 0 Å². The summed E-state index contributed by atoms with van der Waals surface area (Å²) >= 11 is 0. The molecular formula is C5H9F2NO. The molecule has 0 radical (unpaired) electrons. The third-order valence-electron chi connectivity index (χ3n) is 1.25. The average molecular weight is 137 g/mol. The van der Waals surface area contributed by atoms with Crippen LogP contribution in [0.1, 0.15) is 0 Å². The molecule has 2 nitrogen and oxygen atoms in total. The van der Waals surface area contributed by atoms with Crippen LogP contribution < -0.4 is 5.32 Å². The Balaban J connectivity index is 2.23. The molecule has 4 heteroatoms. The normalized spacial score (nSPS) is 29.0. The summed E-state index contributed by atoms with van der Waals surface area (Å²) in [6.07, 6.45) is -2.30. The van der Waals surface area contributed by atoms with Crippen LogP contribution in [-0.4, -0.2) is 32.2 Å². The van der Waals surface area contributed by atoms with Crippen molar-refractivity contribution in [3.05, 3.63) is 0 Å². The number of morpholine rings is 1. The van der Waals surface area contributed by atoms with Gasteiger partial charge in [-0.15, -0.1) is 0 Å². The van der Waals surface area contributed by atoms with E-state index in [0.717, 1.165) is 0 Å². The topological polar surface area (TPSA) is 21.3 Å². The minimum atomic E-state index is -2.30. The summed E-state index contributed by atoms with van der Waals surface area (Å²) in [5.41, 5.74) is 0. The summed E-state index contributed by atoms with van der Waals surface area (Å²) in [5.74, 6) is 0. The van der Waals surface area contributed by atoms with E-state index in [2.05, 4.69) is 5.32 Å². The van der Waals surface area contributed by atoms with Gasteiger partial charge in [-0.1, -0.05) is 0 Å². The van der Waals surface area contributed by atoms with Gasteiger partial charge in [0, 0.05) is 6.54 Å². The molecule has 0 aromatic carbocycles. The molecule has 1 N–H and O–H groups in total. The van der Waals surface area contributed by atoms with Crippen molar-refractivity contribution < 1.29 is 13.5 Å². The summed E-state index contributed by atoms with van der Waals surface area (Å²) in [4.78, 5) is 0. The fourth-order valence-electron chi connectivity index (χ4n) is 0.748. The van der Waals surface area contributed by atoms with Crippen LogP contribution in [0.4, 0.5) is 8.78 Å². The van der Waals surface area contributed by atoms with Crippen LogP contribution in [0.5, 0.6) is 0 Å². The SMILES string of the molecule is FC(F)C1COCCN1. The van der Waals surface area contributed by atoms with Crippen molar-refractivity contribution in [3.63, 3.8) is 0 Å². The van der Waals surface area contributed by atoms with Gasteiger partial charge in [-0.25, -0.2) is 8.78 Å². The maximum Gasteiger partial charge on any atom is 0.255 e. The Bertz CT molecular complexity index is 83.0. The lowest BCUT2D eigenvalue weighted by molar-refractivity contribution is 0.00349. The zero-order valence-electron chi connectivity index (χ0n) is 4.94. The second kappa shape index (κ2) is 3.08. The lowest BCUT2D eigenvalue weighted by Gasteiger charge is -2.22. The fraction of sp³-hybridized carbons (Fsp3) is 1.00. The summed E-state index contributed by atoms with van der Waals surface area (Å²) in [5, 5.41) is 2.64. The first-order chi connectivity index (χ1) is 4.30. The van der Waals surface area contributed by atoms with E-state index in [0.29, 0.717) is 13.2 Å². The van der Waals surface area contributed by atoms with Gasteiger partial charge < -0.3 is 10.1 Å². The molecule has 1 heterocycles. The molecule has 1 rings (SSSR count). The van der Waals surface area contributed by atoms with Crippen molar-refractivity contribution in [3.8, 4) is 0 Å². The molecule has 0 aliphatic carbocycles. The summed E-state index contributed by atoms with van der Waals surface area (Å²) in [7, 11) is 0. The van der Waals surface area contributed by atoms with E-state index in [1.165, 1.54) is 0 Å². The minimum absolute atomic E-state index is 0.137. The summed E-state index contributed by atoms with van der Waals surface area (Å²) in [6, 6.07) is -0.751. The molecule has 1 atom stereocenters. The van der Waals surface area contributed by atoms with E-state index in [9.17, 15) is 8.78 Å².